The number of thioether (sulfide) groups is 1. The predicted molar refractivity (Wildman–Crippen MR) is 145 cm³/mol. The molecule has 1 aromatic carbocycles. The third-order valence-electron chi connectivity index (χ3n) is 4.84. The molecule has 0 amide bonds. The zero-order valence-electron chi connectivity index (χ0n) is 20.4. The largest absolute Gasteiger partial charge is 0.464 e. The van der Waals surface area contributed by atoms with E-state index in [1.807, 2.05) is 13.8 Å². The smallest absolute Gasteiger partial charge is 0.356 e. The summed E-state index contributed by atoms with van der Waals surface area (Å²) in [5, 5.41) is -0.405. The first-order chi connectivity index (χ1) is 17.7. The van der Waals surface area contributed by atoms with Gasteiger partial charge in [0.15, 0.2) is 28.1 Å². The summed E-state index contributed by atoms with van der Waals surface area (Å²) in [6, 6.07) is 2.17. The molecular formula is C23H23ClF3N5O2S3. The van der Waals surface area contributed by atoms with Gasteiger partial charge in [0.1, 0.15) is 22.4 Å². The lowest BCUT2D eigenvalue weighted by molar-refractivity contribution is 0.0593. The van der Waals surface area contributed by atoms with Crippen LogP contribution in [-0.2, 0) is 11.2 Å². The first kappa shape index (κ1) is 30.7. The number of carbonyl (C=O) groups is 1. The number of fused-ring (bicyclic) bond motifs is 1. The molecule has 0 radical (unpaired) electrons. The van der Waals surface area contributed by atoms with E-state index in [4.69, 9.17) is 16.3 Å². The summed E-state index contributed by atoms with van der Waals surface area (Å²) in [7, 11) is 1.21. The first-order valence-corrected chi connectivity index (χ1v) is 13.8. The number of halogens is 4. The van der Waals surface area contributed by atoms with Crippen molar-refractivity contribution in [2.75, 3.05) is 13.4 Å². The number of hydrogen-bond donors (Lipinski definition) is 2. The molecule has 0 aliphatic rings. The third-order valence-corrected chi connectivity index (χ3v) is 5.75. The summed E-state index contributed by atoms with van der Waals surface area (Å²) >= 11 is 13.4. The van der Waals surface area contributed by atoms with E-state index in [0.717, 1.165) is 23.9 Å². The van der Waals surface area contributed by atoms with Crippen molar-refractivity contribution in [1.29, 1.82) is 0 Å². The van der Waals surface area contributed by atoms with Crippen molar-refractivity contribution in [1.82, 2.24) is 24.3 Å². The second-order valence-corrected chi connectivity index (χ2v) is 8.09. The number of hydrogen-bond acceptors (Lipinski definition) is 9. The van der Waals surface area contributed by atoms with Crippen LogP contribution in [-0.4, -0.2) is 43.7 Å². The van der Waals surface area contributed by atoms with Gasteiger partial charge in [-0.05, 0) is 36.4 Å². The molecule has 14 heteroatoms. The van der Waals surface area contributed by atoms with E-state index in [-0.39, 0.29) is 51.1 Å². The van der Waals surface area contributed by atoms with Gasteiger partial charge in [0.2, 0.25) is 0 Å². The number of methoxy groups -OCH3 is 1. The van der Waals surface area contributed by atoms with E-state index >= 15 is 0 Å². The van der Waals surface area contributed by atoms with Gasteiger partial charge in [0.05, 0.1) is 19.0 Å². The SMILES string of the molecule is CC.COC(=O)c1cnc2c(Cc3cc(F)c(C)cc3F)nc(-c3nc(Cl)c(F)c(SC)n3)cn12.SS. The van der Waals surface area contributed by atoms with Gasteiger partial charge in [-0.2, -0.15) is 0 Å². The van der Waals surface area contributed by atoms with Gasteiger partial charge in [0.25, 0.3) is 0 Å². The first-order valence-electron chi connectivity index (χ1n) is 10.6. The van der Waals surface area contributed by atoms with Crippen LogP contribution < -0.4 is 0 Å². The Labute approximate surface area is 231 Å². The number of benzene rings is 1. The van der Waals surface area contributed by atoms with Crippen molar-refractivity contribution in [2.24, 2.45) is 0 Å². The average Bonchev–Trinajstić information content (AvgIpc) is 3.35. The molecule has 0 unspecified atom stereocenters. The Morgan fingerprint density at radius 1 is 1.14 bits per heavy atom. The van der Waals surface area contributed by atoms with E-state index in [0.29, 0.717) is 0 Å². The lowest BCUT2D eigenvalue weighted by Gasteiger charge is -2.11. The number of esters is 1. The number of aromatic nitrogens is 5. The molecule has 4 rings (SSSR count). The maximum absolute atomic E-state index is 14.5. The molecule has 0 bridgehead atoms. The summed E-state index contributed by atoms with van der Waals surface area (Å²) in [4.78, 5) is 29.0. The van der Waals surface area contributed by atoms with Crippen LogP contribution in [0.15, 0.2) is 29.6 Å². The molecule has 7 nitrogen and oxygen atoms in total. The molecule has 0 atom stereocenters. The molecule has 0 saturated carbocycles. The molecule has 0 aliphatic carbocycles. The minimum atomic E-state index is -0.774. The fourth-order valence-corrected chi connectivity index (χ4v) is 3.87. The number of rotatable bonds is 5. The topological polar surface area (TPSA) is 82.3 Å². The molecule has 3 heterocycles. The Bertz CT molecular complexity index is 1420. The monoisotopic (exact) mass is 589 g/mol. The van der Waals surface area contributed by atoms with Crippen LogP contribution in [0.3, 0.4) is 0 Å². The number of carbonyl (C=O) groups excluding carboxylic acids is 1. The zero-order chi connectivity index (χ0) is 27.9. The molecule has 0 saturated heterocycles. The van der Waals surface area contributed by atoms with E-state index in [9.17, 15) is 18.0 Å². The van der Waals surface area contributed by atoms with Gasteiger partial charge in [-0.1, -0.05) is 25.4 Å². The van der Waals surface area contributed by atoms with E-state index in [1.54, 1.807) is 6.26 Å². The third kappa shape index (κ3) is 6.70. The highest BCUT2D eigenvalue weighted by Crippen LogP contribution is 2.27. The maximum atomic E-state index is 14.5. The summed E-state index contributed by atoms with van der Waals surface area (Å²) in [5.41, 5.74) is 0.806. The van der Waals surface area contributed by atoms with Gasteiger partial charge in [-0.15, -0.1) is 35.1 Å². The van der Waals surface area contributed by atoms with Gasteiger partial charge in [0, 0.05) is 12.6 Å². The van der Waals surface area contributed by atoms with Crippen molar-refractivity contribution in [2.45, 2.75) is 32.2 Å². The minimum absolute atomic E-state index is 0.00100. The number of thiol groups is 2. The standard InChI is InChI=1S/C21H15ClF3N5O2S.C2H6.H2S2/c1-9-4-12(24)10(5-11(9)23)6-13-19-26-7-15(21(31)32-2)30(19)8-14(27-13)18-28-17(22)16(25)20(29-18)33-3;2*1-2/h4-5,7-8H,6H2,1-3H3;1-2H3;1-2H. The lowest BCUT2D eigenvalue weighted by Crippen LogP contribution is -2.09. The fraction of sp³-hybridized carbons (Fsp3) is 0.261. The Kier molecular flexibility index (Phi) is 11.5. The maximum Gasteiger partial charge on any atom is 0.356 e. The summed E-state index contributed by atoms with van der Waals surface area (Å²) < 4.78 is 49.0. The Morgan fingerprint density at radius 3 is 2.43 bits per heavy atom. The van der Waals surface area contributed by atoms with Crippen LogP contribution in [0.25, 0.3) is 17.2 Å². The molecule has 4 aromatic rings. The summed E-state index contributed by atoms with van der Waals surface area (Å²) in [6.07, 6.45) is 4.15. The van der Waals surface area contributed by atoms with Gasteiger partial charge >= 0.3 is 5.97 Å². The van der Waals surface area contributed by atoms with Crippen molar-refractivity contribution in [3.8, 4) is 11.5 Å². The number of aryl methyl sites for hydroxylation is 1. The molecule has 3 aromatic heterocycles. The minimum Gasteiger partial charge on any atom is -0.464 e. The van der Waals surface area contributed by atoms with Crippen molar-refractivity contribution in [3.63, 3.8) is 0 Å². The highest BCUT2D eigenvalue weighted by atomic mass is 35.5. The average molecular weight is 590 g/mol. The second-order valence-electron chi connectivity index (χ2n) is 6.93. The van der Waals surface area contributed by atoms with E-state index in [1.165, 1.54) is 30.8 Å². The quantitative estimate of drug-likeness (QED) is 0.0910. The highest BCUT2D eigenvalue weighted by molar-refractivity contribution is 8.59. The van der Waals surface area contributed by atoms with Crippen LogP contribution >= 0.6 is 46.7 Å². The normalized spacial score (nSPS) is 10.4. The summed E-state index contributed by atoms with van der Waals surface area (Å²) in [6.45, 7) is 5.45. The van der Waals surface area contributed by atoms with Crippen molar-refractivity contribution < 1.29 is 22.7 Å². The van der Waals surface area contributed by atoms with Gasteiger partial charge < -0.3 is 4.74 Å². The van der Waals surface area contributed by atoms with E-state index < -0.39 is 28.6 Å². The van der Waals surface area contributed by atoms with E-state index in [2.05, 4.69) is 43.3 Å². The van der Waals surface area contributed by atoms with Gasteiger partial charge in [-0.3, -0.25) is 4.40 Å². The Morgan fingerprint density at radius 2 is 1.81 bits per heavy atom. The zero-order valence-corrected chi connectivity index (χ0v) is 23.7. The molecule has 0 aliphatic heterocycles. The van der Waals surface area contributed by atoms with Crippen LogP contribution in [0.1, 0.15) is 41.2 Å². The Balaban J connectivity index is 0.00000115. The predicted octanol–water partition coefficient (Wildman–Crippen LogP) is 6.45. The molecule has 0 spiro atoms. The van der Waals surface area contributed by atoms with Gasteiger partial charge in [-0.25, -0.2) is 37.9 Å². The molecule has 198 valence electrons. The molecule has 0 N–H and O–H groups in total. The van der Waals surface area contributed by atoms with Crippen molar-refractivity contribution in [3.05, 3.63) is 69.6 Å². The molecular weight excluding hydrogens is 567 g/mol. The number of ether oxygens (including phenoxy) is 1. The lowest BCUT2D eigenvalue weighted by atomic mass is 10.1. The van der Waals surface area contributed by atoms with Crippen LogP contribution in [0.5, 0.6) is 0 Å². The van der Waals surface area contributed by atoms with Crippen LogP contribution in [0.2, 0.25) is 5.15 Å². The number of imidazole rings is 1. The van der Waals surface area contributed by atoms with Crippen molar-refractivity contribution >= 4 is 58.3 Å². The molecule has 0 fully saturated rings. The molecule has 37 heavy (non-hydrogen) atoms. The fourth-order valence-electron chi connectivity index (χ4n) is 3.19. The second kappa shape index (κ2) is 13.9. The van der Waals surface area contributed by atoms with Crippen LogP contribution in [0.4, 0.5) is 13.2 Å². The van der Waals surface area contributed by atoms with Crippen LogP contribution in [0, 0.1) is 24.4 Å². The highest BCUT2D eigenvalue weighted by Gasteiger charge is 2.21. The number of nitrogens with zero attached hydrogens (tertiary/aromatic N) is 5. The summed E-state index contributed by atoms with van der Waals surface area (Å²) in [5.74, 6) is -2.67. The Hall–Kier alpha value is -2.48.